The molecule has 0 spiro atoms. The monoisotopic (exact) mass is 562 g/mol. The number of hydrogen-bond donors (Lipinski definition) is 1. The molecule has 8 heteroatoms. The highest BCUT2D eigenvalue weighted by Gasteiger charge is 2.51. The molecule has 8 nitrogen and oxygen atoms in total. The first-order valence-electron chi connectivity index (χ1n) is 14.8. The van der Waals surface area contributed by atoms with Gasteiger partial charge >= 0.3 is 0 Å². The average molecular weight is 563 g/mol. The molecular weight excluding hydrogens is 528 g/mol. The zero-order valence-electron chi connectivity index (χ0n) is 23.9. The third-order valence-electron chi connectivity index (χ3n) is 9.88. The summed E-state index contributed by atoms with van der Waals surface area (Å²) >= 11 is 0. The van der Waals surface area contributed by atoms with E-state index in [4.69, 9.17) is 9.47 Å². The molecule has 42 heavy (non-hydrogen) atoms. The summed E-state index contributed by atoms with van der Waals surface area (Å²) < 4.78 is 11.3. The number of amides is 2. The van der Waals surface area contributed by atoms with Gasteiger partial charge in [0.25, 0.3) is 0 Å². The predicted molar refractivity (Wildman–Crippen MR) is 158 cm³/mol. The Morgan fingerprint density at radius 2 is 1.71 bits per heavy atom. The molecule has 8 rings (SSSR count). The van der Waals surface area contributed by atoms with Crippen LogP contribution in [0.3, 0.4) is 0 Å². The summed E-state index contributed by atoms with van der Waals surface area (Å²) in [5.41, 5.74) is 5.08. The van der Waals surface area contributed by atoms with E-state index in [-0.39, 0.29) is 36.7 Å². The van der Waals surface area contributed by atoms with Crippen LogP contribution in [0.1, 0.15) is 48.7 Å². The van der Waals surface area contributed by atoms with Crippen molar-refractivity contribution >= 4 is 22.7 Å². The summed E-state index contributed by atoms with van der Waals surface area (Å²) in [6.07, 6.45) is 1.35. The molecule has 3 atom stereocenters. The molecule has 1 N–H and O–H groups in total. The minimum Gasteiger partial charge on any atom is -0.454 e. The van der Waals surface area contributed by atoms with E-state index in [9.17, 15) is 9.59 Å². The van der Waals surface area contributed by atoms with Gasteiger partial charge in [-0.2, -0.15) is 0 Å². The molecule has 4 aromatic rings. The van der Waals surface area contributed by atoms with E-state index >= 15 is 0 Å². The van der Waals surface area contributed by atoms with Crippen LogP contribution in [-0.4, -0.2) is 70.0 Å². The van der Waals surface area contributed by atoms with Crippen molar-refractivity contribution in [3.63, 3.8) is 0 Å². The van der Waals surface area contributed by atoms with Gasteiger partial charge in [-0.1, -0.05) is 54.6 Å². The molecule has 2 amide bonds. The largest absolute Gasteiger partial charge is 0.454 e. The van der Waals surface area contributed by atoms with Crippen LogP contribution in [0, 0.1) is 0 Å². The number of fused-ring (bicyclic) bond motifs is 5. The topological polar surface area (TPSA) is 78.1 Å². The maximum Gasteiger partial charge on any atom is 0.246 e. The van der Waals surface area contributed by atoms with E-state index < -0.39 is 12.1 Å². The Labute approximate surface area is 244 Å². The van der Waals surface area contributed by atoms with E-state index in [0.717, 1.165) is 47.2 Å². The lowest BCUT2D eigenvalue weighted by molar-refractivity contribution is -0.160. The summed E-state index contributed by atoms with van der Waals surface area (Å²) in [5.74, 6) is 1.38. The molecule has 4 aliphatic heterocycles. The molecule has 4 aliphatic rings. The molecule has 0 aliphatic carbocycles. The summed E-state index contributed by atoms with van der Waals surface area (Å²) in [6.45, 7) is 6.38. The van der Waals surface area contributed by atoms with Crippen molar-refractivity contribution in [2.24, 2.45) is 0 Å². The number of benzene rings is 3. The normalized spacial score (nSPS) is 23.9. The second kappa shape index (κ2) is 9.36. The number of nitrogens with one attached hydrogen (secondary N) is 1. The predicted octanol–water partition coefficient (Wildman–Crippen LogP) is 4.59. The van der Waals surface area contributed by atoms with Crippen molar-refractivity contribution < 1.29 is 19.1 Å². The number of likely N-dealkylation sites (tertiary alicyclic amines) is 1. The van der Waals surface area contributed by atoms with Gasteiger partial charge in [0.1, 0.15) is 12.6 Å². The number of aromatic nitrogens is 1. The first-order valence-corrected chi connectivity index (χ1v) is 14.8. The molecule has 0 saturated carbocycles. The SMILES string of the molecule is CC(C)(c1ccccc1)N1CC[C@H](N2CC(=O)N3[C@H](c4ccc5c(c4)OCO5)c4[nH]c5ccccc5c4C[C@@H]3C2=O)C1. The number of ether oxygens (including phenoxy) is 2. The zero-order valence-corrected chi connectivity index (χ0v) is 23.9. The molecule has 3 aromatic carbocycles. The molecule has 5 heterocycles. The summed E-state index contributed by atoms with van der Waals surface area (Å²) in [4.78, 5) is 38.3. The number of hydrogen-bond acceptors (Lipinski definition) is 5. The van der Waals surface area contributed by atoms with Crippen molar-refractivity contribution in [2.45, 2.75) is 50.4 Å². The average Bonchev–Trinajstić information content (AvgIpc) is 3.77. The van der Waals surface area contributed by atoms with Crippen LogP contribution < -0.4 is 9.47 Å². The summed E-state index contributed by atoms with van der Waals surface area (Å²) in [5, 5.41) is 1.10. The van der Waals surface area contributed by atoms with Gasteiger partial charge in [0.15, 0.2) is 11.5 Å². The van der Waals surface area contributed by atoms with Crippen LogP contribution in [0.5, 0.6) is 11.5 Å². The number of carbonyl (C=O) groups is 2. The van der Waals surface area contributed by atoms with E-state index in [1.165, 1.54) is 5.56 Å². The fourth-order valence-electron chi connectivity index (χ4n) is 7.56. The van der Waals surface area contributed by atoms with Crippen LogP contribution >= 0.6 is 0 Å². The second-order valence-corrected chi connectivity index (χ2v) is 12.4. The quantitative estimate of drug-likeness (QED) is 0.394. The highest BCUT2D eigenvalue weighted by molar-refractivity contribution is 5.98. The van der Waals surface area contributed by atoms with E-state index in [1.54, 1.807) is 0 Å². The van der Waals surface area contributed by atoms with Crippen LogP contribution in [0.4, 0.5) is 0 Å². The van der Waals surface area contributed by atoms with Crippen LogP contribution in [0.25, 0.3) is 10.9 Å². The maximum absolute atomic E-state index is 14.4. The Bertz CT molecular complexity index is 1710. The Morgan fingerprint density at radius 3 is 2.57 bits per heavy atom. The van der Waals surface area contributed by atoms with Crippen molar-refractivity contribution in [3.05, 3.63) is 95.2 Å². The van der Waals surface area contributed by atoms with Crippen molar-refractivity contribution in [3.8, 4) is 11.5 Å². The molecule has 214 valence electrons. The molecule has 0 radical (unpaired) electrons. The number of nitrogens with zero attached hydrogens (tertiary/aromatic N) is 3. The van der Waals surface area contributed by atoms with Crippen molar-refractivity contribution in [1.82, 2.24) is 19.7 Å². The lowest BCUT2D eigenvalue weighted by atomic mass is 9.85. The van der Waals surface area contributed by atoms with E-state index in [2.05, 4.69) is 60.1 Å². The van der Waals surface area contributed by atoms with Gasteiger partial charge in [0.05, 0.1) is 6.04 Å². The summed E-state index contributed by atoms with van der Waals surface area (Å²) in [6, 6.07) is 23.6. The van der Waals surface area contributed by atoms with Gasteiger partial charge in [-0.25, -0.2) is 0 Å². The smallest absolute Gasteiger partial charge is 0.246 e. The van der Waals surface area contributed by atoms with Gasteiger partial charge in [-0.05, 0) is 55.2 Å². The lowest BCUT2D eigenvalue weighted by Gasteiger charge is -2.48. The molecule has 1 aromatic heterocycles. The fraction of sp³-hybridized carbons (Fsp3) is 0.353. The van der Waals surface area contributed by atoms with Crippen molar-refractivity contribution in [1.29, 1.82) is 0 Å². The van der Waals surface area contributed by atoms with E-state index in [0.29, 0.717) is 17.9 Å². The number of rotatable bonds is 4. The van der Waals surface area contributed by atoms with Crippen LogP contribution in [0.15, 0.2) is 72.8 Å². The fourth-order valence-corrected chi connectivity index (χ4v) is 7.56. The standard InChI is InChI=1S/C34H34N4O4/c1-34(2,22-8-4-3-5-9-22)36-15-14-23(18-36)37-19-30(39)38-27(33(37)40)17-25-24-10-6-7-11-26(24)35-31(25)32(38)21-12-13-28-29(16-21)42-20-41-28/h3-13,16,23,27,32,35H,14-15,17-20H2,1-2H3/t23-,27+,32+/m0/s1. The lowest BCUT2D eigenvalue weighted by Crippen LogP contribution is -2.65. The van der Waals surface area contributed by atoms with Gasteiger partial charge in [-0.3, -0.25) is 14.5 Å². The van der Waals surface area contributed by atoms with Crippen molar-refractivity contribution in [2.75, 3.05) is 26.4 Å². The first kappa shape index (κ1) is 25.4. The number of carbonyl (C=O) groups excluding carboxylic acids is 2. The Morgan fingerprint density at radius 1 is 0.929 bits per heavy atom. The van der Waals surface area contributed by atoms with E-state index in [1.807, 2.05) is 46.2 Å². The molecule has 0 bridgehead atoms. The zero-order chi connectivity index (χ0) is 28.6. The van der Waals surface area contributed by atoms with Gasteiger partial charge in [-0.15, -0.1) is 0 Å². The first-order chi connectivity index (χ1) is 20.4. The molecular formula is C34H34N4O4. The molecule has 2 fully saturated rings. The molecule has 2 saturated heterocycles. The Balaban J connectivity index is 1.15. The highest BCUT2D eigenvalue weighted by Crippen LogP contribution is 2.45. The minimum atomic E-state index is -0.565. The summed E-state index contributed by atoms with van der Waals surface area (Å²) in [7, 11) is 0. The number of para-hydroxylation sites is 1. The number of aromatic amines is 1. The van der Waals surface area contributed by atoms with Gasteiger partial charge in [0.2, 0.25) is 18.6 Å². The molecule has 0 unspecified atom stereocenters. The van der Waals surface area contributed by atoms with Gasteiger partial charge in [0, 0.05) is 47.7 Å². The van der Waals surface area contributed by atoms with Crippen LogP contribution in [-0.2, 0) is 21.5 Å². The second-order valence-electron chi connectivity index (χ2n) is 12.4. The minimum absolute atomic E-state index is 0.0000497. The van der Waals surface area contributed by atoms with Gasteiger partial charge < -0.3 is 24.3 Å². The third-order valence-corrected chi connectivity index (χ3v) is 9.88. The Kier molecular flexibility index (Phi) is 5.66. The maximum atomic E-state index is 14.4. The van der Waals surface area contributed by atoms with Crippen LogP contribution in [0.2, 0.25) is 0 Å². The number of piperazine rings is 1. The third kappa shape index (κ3) is 3.78. The highest BCUT2D eigenvalue weighted by atomic mass is 16.7. The Hall–Kier alpha value is -4.30. The number of H-pyrrole nitrogens is 1.